The van der Waals surface area contributed by atoms with Gasteiger partial charge in [-0.25, -0.2) is 9.78 Å². The molecule has 6 heteroatoms. The summed E-state index contributed by atoms with van der Waals surface area (Å²) in [6.45, 7) is 6.04. The Balaban J connectivity index is 1.80. The Hall–Kier alpha value is -2.86. The van der Waals surface area contributed by atoms with Crippen molar-refractivity contribution in [2.24, 2.45) is 0 Å². The minimum absolute atomic E-state index is 0.0273. The lowest BCUT2D eigenvalue weighted by Crippen LogP contribution is -2.26. The highest BCUT2D eigenvalue weighted by Crippen LogP contribution is 2.28. The van der Waals surface area contributed by atoms with Crippen LogP contribution < -0.4 is 11.2 Å². The molecule has 0 N–H and O–H groups in total. The Kier molecular flexibility index (Phi) is 5.28. The van der Waals surface area contributed by atoms with E-state index in [0.29, 0.717) is 27.4 Å². The second kappa shape index (κ2) is 7.87. The average Bonchev–Trinajstić information content (AvgIpc) is 2.71. The van der Waals surface area contributed by atoms with Gasteiger partial charge in [0.25, 0.3) is 5.56 Å². The van der Waals surface area contributed by atoms with Crippen molar-refractivity contribution in [1.82, 2.24) is 9.55 Å². The van der Waals surface area contributed by atoms with Crippen molar-refractivity contribution < 1.29 is 4.42 Å². The minimum atomic E-state index is -0.371. The zero-order valence-electron chi connectivity index (χ0n) is 16.6. The van der Waals surface area contributed by atoms with Crippen LogP contribution in [0.15, 0.2) is 67.7 Å². The average molecular weight is 407 g/mol. The molecule has 29 heavy (non-hydrogen) atoms. The molecule has 1 atom stereocenters. The van der Waals surface area contributed by atoms with Crippen molar-refractivity contribution in [1.29, 1.82) is 0 Å². The van der Waals surface area contributed by atoms with Gasteiger partial charge < -0.3 is 4.42 Å². The van der Waals surface area contributed by atoms with Crippen molar-refractivity contribution in [2.45, 2.75) is 44.1 Å². The van der Waals surface area contributed by atoms with E-state index in [1.807, 2.05) is 56.3 Å². The van der Waals surface area contributed by atoms with Gasteiger partial charge in [0.2, 0.25) is 0 Å². The third kappa shape index (κ3) is 3.72. The maximum absolute atomic E-state index is 13.1. The lowest BCUT2D eigenvalue weighted by atomic mass is 10.1. The summed E-state index contributed by atoms with van der Waals surface area (Å²) in [5.41, 5.74) is 2.78. The highest BCUT2D eigenvalue weighted by atomic mass is 32.2. The molecule has 0 aliphatic rings. The maximum atomic E-state index is 13.1. The maximum Gasteiger partial charge on any atom is 0.336 e. The van der Waals surface area contributed by atoms with Crippen molar-refractivity contribution in [3.63, 3.8) is 0 Å². The molecule has 4 rings (SSSR count). The predicted octanol–water partition coefficient (Wildman–Crippen LogP) is 5.07. The highest BCUT2D eigenvalue weighted by Gasteiger charge is 2.16. The molecule has 0 fully saturated rings. The zero-order chi connectivity index (χ0) is 20.5. The third-order valence-corrected chi connectivity index (χ3v) is 6.15. The van der Waals surface area contributed by atoms with Crippen molar-refractivity contribution in [3.8, 4) is 0 Å². The van der Waals surface area contributed by atoms with Crippen LogP contribution in [-0.4, -0.2) is 9.55 Å². The Labute approximate surface area is 172 Å². The van der Waals surface area contributed by atoms with Crippen LogP contribution in [0.1, 0.15) is 37.4 Å². The van der Waals surface area contributed by atoms with Crippen LogP contribution in [-0.2, 0) is 5.75 Å². The molecule has 0 saturated carbocycles. The fourth-order valence-electron chi connectivity index (χ4n) is 3.40. The second-order valence-corrected chi connectivity index (χ2v) is 8.17. The number of aromatic nitrogens is 2. The number of para-hydroxylation sites is 1. The molecule has 0 saturated heterocycles. The van der Waals surface area contributed by atoms with Crippen LogP contribution >= 0.6 is 11.8 Å². The molecule has 4 aromatic rings. The van der Waals surface area contributed by atoms with Gasteiger partial charge in [0.05, 0.1) is 10.9 Å². The monoisotopic (exact) mass is 406 g/mol. The Morgan fingerprint density at radius 2 is 1.90 bits per heavy atom. The molecule has 0 spiro atoms. The van der Waals surface area contributed by atoms with Crippen LogP contribution in [0.5, 0.6) is 0 Å². The van der Waals surface area contributed by atoms with Crippen LogP contribution in [0.4, 0.5) is 0 Å². The first-order valence-corrected chi connectivity index (χ1v) is 10.6. The van der Waals surface area contributed by atoms with Gasteiger partial charge in [-0.3, -0.25) is 9.36 Å². The lowest BCUT2D eigenvalue weighted by Gasteiger charge is -2.18. The molecule has 0 amide bonds. The number of hydrogen-bond donors (Lipinski definition) is 0. The standard InChI is InChI=1S/C23H22N2O3S/c1-4-15(3)25-22(27)18-7-5-6-8-19(18)24-23(25)29-13-16-12-21(26)28-20-11-14(2)9-10-17(16)20/h5-12,15H,4,13H2,1-3H3/t15-/m1/s1. The van der Waals surface area contributed by atoms with E-state index in [2.05, 4.69) is 6.92 Å². The van der Waals surface area contributed by atoms with Gasteiger partial charge in [-0.15, -0.1) is 0 Å². The van der Waals surface area contributed by atoms with Crippen LogP contribution in [0.25, 0.3) is 21.9 Å². The van der Waals surface area contributed by atoms with Gasteiger partial charge >= 0.3 is 5.63 Å². The summed E-state index contributed by atoms with van der Waals surface area (Å²) in [6.07, 6.45) is 0.824. The molecule has 0 aliphatic heterocycles. The fraction of sp³-hybridized carbons (Fsp3) is 0.261. The summed E-state index contributed by atoms with van der Waals surface area (Å²) >= 11 is 1.47. The number of aryl methyl sites for hydroxylation is 1. The van der Waals surface area contributed by atoms with Crippen molar-refractivity contribution >= 4 is 33.6 Å². The number of fused-ring (bicyclic) bond motifs is 2. The molecule has 148 valence electrons. The van der Waals surface area contributed by atoms with Gasteiger partial charge in [-0.1, -0.05) is 43.0 Å². The molecule has 2 aromatic heterocycles. The molecular weight excluding hydrogens is 384 g/mol. The van der Waals surface area contributed by atoms with Gasteiger partial charge in [-0.2, -0.15) is 0 Å². The molecule has 5 nitrogen and oxygen atoms in total. The van der Waals surface area contributed by atoms with E-state index in [4.69, 9.17) is 9.40 Å². The first kappa shape index (κ1) is 19.5. The third-order valence-electron chi connectivity index (χ3n) is 5.15. The predicted molar refractivity (Wildman–Crippen MR) is 118 cm³/mol. The van der Waals surface area contributed by atoms with Crippen molar-refractivity contribution in [2.75, 3.05) is 0 Å². The summed E-state index contributed by atoms with van der Waals surface area (Å²) in [6, 6.07) is 14.8. The molecule has 2 heterocycles. The van der Waals surface area contributed by atoms with Gasteiger partial charge in [0.1, 0.15) is 5.58 Å². The zero-order valence-corrected chi connectivity index (χ0v) is 17.5. The lowest BCUT2D eigenvalue weighted by molar-refractivity contribution is 0.468. The first-order chi connectivity index (χ1) is 14.0. The number of rotatable bonds is 5. The smallest absolute Gasteiger partial charge is 0.336 e. The molecule has 0 aliphatic carbocycles. The van der Waals surface area contributed by atoms with Gasteiger partial charge in [0, 0.05) is 23.2 Å². The van der Waals surface area contributed by atoms with Crippen LogP contribution in [0, 0.1) is 6.92 Å². The molecule has 2 aromatic carbocycles. The normalized spacial score (nSPS) is 12.5. The quantitative estimate of drug-likeness (QED) is 0.263. The van der Waals surface area contributed by atoms with E-state index in [-0.39, 0.29) is 17.2 Å². The van der Waals surface area contributed by atoms with Crippen LogP contribution in [0.2, 0.25) is 0 Å². The number of benzene rings is 2. The van der Waals surface area contributed by atoms with Gasteiger partial charge in [0.15, 0.2) is 5.16 Å². The summed E-state index contributed by atoms with van der Waals surface area (Å²) in [7, 11) is 0. The highest BCUT2D eigenvalue weighted by molar-refractivity contribution is 7.98. The van der Waals surface area contributed by atoms with E-state index in [0.717, 1.165) is 22.9 Å². The number of hydrogen-bond acceptors (Lipinski definition) is 5. The van der Waals surface area contributed by atoms with E-state index < -0.39 is 0 Å². The topological polar surface area (TPSA) is 65.1 Å². The summed E-state index contributed by atoms with van der Waals surface area (Å²) in [5.74, 6) is 0.520. The summed E-state index contributed by atoms with van der Waals surface area (Å²) in [4.78, 5) is 29.9. The largest absolute Gasteiger partial charge is 0.423 e. The minimum Gasteiger partial charge on any atom is -0.423 e. The number of nitrogens with zero attached hydrogens (tertiary/aromatic N) is 2. The fourth-order valence-corrected chi connectivity index (χ4v) is 4.49. The van der Waals surface area contributed by atoms with E-state index in [9.17, 15) is 9.59 Å². The molecular formula is C23H22N2O3S. The van der Waals surface area contributed by atoms with E-state index in [1.54, 1.807) is 4.57 Å². The summed E-state index contributed by atoms with van der Waals surface area (Å²) < 4.78 is 7.12. The second-order valence-electron chi connectivity index (χ2n) is 7.22. The molecule has 0 radical (unpaired) electrons. The molecule has 0 unspecified atom stereocenters. The van der Waals surface area contributed by atoms with E-state index in [1.165, 1.54) is 17.8 Å². The Bertz CT molecular complexity index is 1320. The van der Waals surface area contributed by atoms with Crippen LogP contribution in [0.3, 0.4) is 0 Å². The number of thioether (sulfide) groups is 1. The molecule has 0 bridgehead atoms. The Morgan fingerprint density at radius 3 is 2.69 bits per heavy atom. The first-order valence-electron chi connectivity index (χ1n) is 9.65. The van der Waals surface area contributed by atoms with Gasteiger partial charge in [-0.05, 0) is 49.6 Å². The summed E-state index contributed by atoms with van der Waals surface area (Å²) in [5, 5.41) is 2.19. The van der Waals surface area contributed by atoms with Crippen molar-refractivity contribution in [3.05, 3.63) is 80.4 Å². The van der Waals surface area contributed by atoms with E-state index >= 15 is 0 Å². The SMILES string of the molecule is CC[C@@H](C)n1c(SCc2cc(=O)oc3cc(C)ccc23)nc2ccccc2c1=O. The Morgan fingerprint density at radius 1 is 1.10 bits per heavy atom.